The summed E-state index contributed by atoms with van der Waals surface area (Å²) in [5.41, 5.74) is 2.64. The van der Waals surface area contributed by atoms with Crippen molar-refractivity contribution in [3.63, 3.8) is 0 Å². The van der Waals surface area contributed by atoms with Crippen molar-refractivity contribution in [1.82, 2.24) is 34.6 Å². The second kappa shape index (κ2) is 10.8. The molecule has 1 N–H and O–H groups in total. The summed E-state index contributed by atoms with van der Waals surface area (Å²) in [4.78, 5) is 57.9. The van der Waals surface area contributed by atoms with Crippen molar-refractivity contribution in [2.24, 2.45) is 5.92 Å². The second-order valence-corrected chi connectivity index (χ2v) is 10.7. The number of hydrogen-bond acceptors (Lipinski definition) is 8. The van der Waals surface area contributed by atoms with Crippen LogP contribution >= 0.6 is 15.9 Å². The largest absolute Gasteiger partial charge is 0.329 e. The number of aromatic nitrogens is 6. The third kappa shape index (κ3) is 5.33. The summed E-state index contributed by atoms with van der Waals surface area (Å²) in [5, 5.41) is 7.73. The monoisotopic (exact) mass is 608 g/mol. The summed E-state index contributed by atoms with van der Waals surface area (Å²) in [6.45, 7) is 7.15. The van der Waals surface area contributed by atoms with Gasteiger partial charge in [-0.15, -0.1) is 0 Å². The number of fused-ring (bicyclic) bond motifs is 1. The van der Waals surface area contributed by atoms with Crippen LogP contribution in [-0.2, 0) is 16.1 Å². The van der Waals surface area contributed by atoms with E-state index in [0.717, 1.165) is 0 Å². The Bertz CT molecular complexity index is 1660. The van der Waals surface area contributed by atoms with Gasteiger partial charge >= 0.3 is 0 Å². The van der Waals surface area contributed by atoms with Crippen LogP contribution < -0.4 is 5.32 Å². The van der Waals surface area contributed by atoms with Gasteiger partial charge in [0.05, 0.1) is 16.9 Å². The van der Waals surface area contributed by atoms with E-state index in [1.54, 1.807) is 32.3 Å². The molecule has 40 heavy (non-hydrogen) atoms. The van der Waals surface area contributed by atoms with Gasteiger partial charge in [0.25, 0.3) is 0 Å². The van der Waals surface area contributed by atoms with Crippen LogP contribution in [0.1, 0.15) is 42.3 Å². The molecule has 0 spiro atoms. The minimum atomic E-state index is -0.741. The molecule has 4 aromatic heterocycles. The topological polar surface area (TPSA) is 136 Å². The van der Waals surface area contributed by atoms with E-state index in [9.17, 15) is 18.8 Å². The lowest BCUT2D eigenvalue weighted by Crippen LogP contribution is -2.44. The number of carbonyl (C=O) groups is 3. The normalized spacial score (nSPS) is 16.9. The van der Waals surface area contributed by atoms with E-state index in [0.29, 0.717) is 46.6 Å². The van der Waals surface area contributed by atoms with Crippen LogP contribution in [0, 0.1) is 25.6 Å². The molecule has 0 aliphatic carbocycles. The number of halogens is 2. The second-order valence-electron chi connectivity index (χ2n) is 9.93. The van der Waals surface area contributed by atoms with Crippen LogP contribution in [0.4, 0.5) is 10.2 Å². The van der Waals surface area contributed by atoms with Crippen molar-refractivity contribution >= 4 is 50.2 Å². The Morgan fingerprint density at radius 3 is 2.55 bits per heavy atom. The predicted octanol–water partition coefficient (Wildman–Crippen LogP) is 3.88. The lowest BCUT2D eigenvalue weighted by atomic mass is 10.1. The number of carbonyl (C=O) groups excluding carboxylic acids is 3. The molecule has 13 heteroatoms. The Balaban J connectivity index is 1.43. The molecule has 1 aliphatic rings. The van der Waals surface area contributed by atoms with Crippen molar-refractivity contribution in [3.05, 3.63) is 58.2 Å². The molecule has 0 saturated carbocycles. The Morgan fingerprint density at radius 1 is 1.15 bits per heavy atom. The molecule has 4 aromatic rings. The maximum atomic E-state index is 13.6. The lowest BCUT2D eigenvalue weighted by molar-refractivity contribution is -0.137. The van der Waals surface area contributed by atoms with Crippen molar-refractivity contribution in [2.45, 2.75) is 46.7 Å². The standard InChI is InChI=1S/C27H26BrFN8O3/c1-13-7-21(27(40)34-22-6-5-19(29)26(28)33-22)36(11-13)23(39)12-37-25-14(2)32-20(17-9-30-16(4)31-10-17)8-18(25)24(35-37)15(3)38/h5-6,8-10,13,21H,7,11-12H2,1-4H3,(H,33,34,40)/t13-,21+/m1/s1. The number of amides is 2. The zero-order valence-electron chi connectivity index (χ0n) is 22.3. The fraction of sp³-hybridized carbons (Fsp3) is 0.333. The highest BCUT2D eigenvalue weighted by Gasteiger charge is 2.38. The highest BCUT2D eigenvalue weighted by atomic mass is 79.9. The van der Waals surface area contributed by atoms with E-state index in [1.165, 1.54) is 28.6 Å². The maximum Gasteiger partial charge on any atom is 0.248 e. The molecule has 2 atom stereocenters. The first kappa shape index (κ1) is 27.4. The predicted molar refractivity (Wildman–Crippen MR) is 148 cm³/mol. The highest BCUT2D eigenvalue weighted by Crippen LogP contribution is 2.29. The van der Waals surface area contributed by atoms with E-state index in [4.69, 9.17) is 0 Å². The van der Waals surface area contributed by atoms with Crippen LogP contribution in [0.15, 0.2) is 35.2 Å². The molecular formula is C27H26BrFN8O3. The molecule has 1 fully saturated rings. The Labute approximate surface area is 237 Å². The molecule has 0 radical (unpaired) electrons. The first-order chi connectivity index (χ1) is 19.0. The van der Waals surface area contributed by atoms with Gasteiger partial charge in [-0.2, -0.15) is 5.10 Å². The molecule has 0 aromatic carbocycles. The molecular weight excluding hydrogens is 583 g/mol. The molecule has 2 amide bonds. The van der Waals surface area contributed by atoms with E-state index in [-0.39, 0.29) is 40.3 Å². The smallest absolute Gasteiger partial charge is 0.248 e. The van der Waals surface area contributed by atoms with E-state index in [1.807, 2.05) is 6.92 Å². The van der Waals surface area contributed by atoms with Gasteiger partial charge in [-0.05, 0) is 60.3 Å². The third-order valence-electron chi connectivity index (χ3n) is 6.78. The average molecular weight is 609 g/mol. The zero-order chi connectivity index (χ0) is 28.7. The minimum absolute atomic E-state index is 0.0214. The highest BCUT2D eigenvalue weighted by molar-refractivity contribution is 9.10. The summed E-state index contributed by atoms with van der Waals surface area (Å²) in [5.74, 6) is -0.665. The summed E-state index contributed by atoms with van der Waals surface area (Å²) in [6, 6.07) is 3.56. The number of pyridine rings is 2. The van der Waals surface area contributed by atoms with E-state index < -0.39 is 17.8 Å². The summed E-state index contributed by atoms with van der Waals surface area (Å²) in [6.07, 6.45) is 3.79. The first-order valence-corrected chi connectivity index (χ1v) is 13.4. The molecule has 11 nitrogen and oxygen atoms in total. The number of nitrogens with one attached hydrogen (secondary N) is 1. The van der Waals surface area contributed by atoms with Crippen molar-refractivity contribution in [1.29, 1.82) is 0 Å². The SMILES string of the molecule is CC(=O)c1nn(CC(=O)N2C[C@H](C)C[C@H]2C(=O)Nc2ccc(F)c(Br)n2)c2c(C)nc(-c3cnc(C)nc3)cc12. The first-order valence-electron chi connectivity index (χ1n) is 12.6. The van der Waals surface area contributed by atoms with Gasteiger partial charge in [-0.25, -0.2) is 19.3 Å². The van der Waals surface area contributed by atoms with Crippen molar-refractivity contribution in [3.8, 4) is 11.3 Å². The van der Waals surface area contributed by atoms with Gasteiger partial charge in [0.15, 0.2) is 11.6 Å². The number of Topliss-reactive ketones (excluding diaryl/α,β-unsaturated/α-hetero) is 1. The minimum Gasteiger partial charge on any atom is -0.329 e. The number of nitrogens with zero attached hydrogens (tertiary/aromatic N) is 7. The van der Waals surface area contributed by atoms with E-state index >= 15 is 0 Å². The third-order valence-corrected chi connectivity index (χ3v) is 7.34. The number of hydrogen-bond donors (Lipinski definition) is 1. The van der Waals surface area contributed by atoms with Crippen LogP contribution in [0.2, 0.25) is 0 Å². The summed E-state index contributed by atoms with van der Waals surface area (Å²) < 4.78 is 15.0. The Morgan fingerprint density at radius 2 is 1.88 bits per heavy atom. The van der Waals surface area contributed by atoms with Crippen LogP contribution in [0.5, 0.6) is 0 Å². The van der Waals surface area contributed by atoms with Gasteiger partial charge in [-0.3, -0.25) is 24.0 Å². The molecule has 1 aliphatic heterocycles. The number of anilines is 1. The fourth-order valence-corrected chi connectivity index (χ4v) is 5.25. The van der Waals surface area contributed by atoms with Gasteiger partial charge in [-0.1, -0.05) is 6.92 Å². The van der Waals surface area contributed by atoms with Crippen molar-refractivity contribution in [2.75, 3.05) is 11.9 Å². The maximum absolute atomic E-state index is 13.6. The van der Waals surface area contributed by atoms with Gasteiger partial charge in [0, 0.05) is 36.8 Å². The summed E-state index contributed by atoms with van der Waals surface area (Å²) in [7, 11) is 0. The average Bonchev–Trinajstić information content (AvgIpc) is 3.48. The number of rotatable bonds is 6. The molecule has 206 valence electrons. The molecule has 0 unspecified atom stereocenters. The fourth-order valence-electron chi connectivity index (χ4n) is 4.93. The number of likely N-dealkylation sites (tertiary alicyclic amines) is 1. The molecule has 1 saturated heterocycles. The quantitative estimate of drug-likeness (QED) is 0.257. The van der Waals surface area contributed by atoms with Gasteiger partial charge < -0.3 is 10.2 Å². The van der Waals surface area contributed by atoms with E-state index in [2.05, 4.69) is 46.3 Å². The molecule has 5 rings (SSSR count). The van der Waals surface area contributed by atoms with Gasteiger partial charge in [0.2, 0.25) is 11.8 Å². The summed E-state index contributed by atoms with van der Waals surface area (Å²) >= 11 is 3.01. The number of ketones is 1. The van der Waals surface area contributed by atoms with Crippen LogP contribution in [0.25, 0.3) is 22.2 Å². The molecule has 5 heterocycles. The van der Waals surface area contributed by atoms with Crippen LogP contribution in [-0.4, -0.2) is 64.8 Å². The van der Waals surface area contributed by atoms with Crippen molar-refractivity contribution < 1.29 is 18.8 Å². The van der Waals surface area contributed by atoms with Gasteiger partial charge in [0.1, 0.15) is 34.5 Å². The Hall–Kier alpha value is -4.13. The van der Waals surface area contributed by atoms with Crippen LogP contribution in [0.3, 0.4) is 0 Å². The number of aryl methyl sites for hydroxylation is 2. The lowest BCUT2D eigenvalue weighted by Gasteiger charge is -2.24. The zero-order valence-corrected chi connectivity index (χ0v) is 23.9. The molecule has 0 bridgehead atoms. The Kier molecular flexibility index (Phi) is 7.41.